The number of amides is 1. The van der Waals surface area contributed by atoms with Crippen LogP contribution in [-0.4, -0.2) is 32.7 Å². The molecule has 1 atom stereocenters. The van der Waals surface area contributed by atoms with Crippen LogP contribution in [0.3, 0.4) is 0 Å². The highest BCUT2D eigenvalue weighted by Gasteiger charge is 2.22. The number of hydrogen-bond donors (Lipinski definition) is 3. The van der Waals surface area contributed by atoms with Crippen molar-refractivity contribution >= 4 is 39.7 Å². The molecule has 1 heterocycles. The van der Waals surface area contributed by atoms with E-state index in [0.29, 0.717) is 11.4 Å². The van der Waals surface area contributed by atoms with Crippen molar-refractivity contribution in [3.8, 4) is 0 Å². The second-order valence-corrected chi connectivity index (χ2v) is 7.18. The minimum atomic E-state index is -3.29. The Hall–Kier alpha value is -1.31. The summed E-state index contributed by atoms with van der Waals surface area (Å²) in [5.74, 6) is -0.0213. The van der Waals surface area contributed by atoms with Gasteiger partial charge >= 0.3 is 0 Å². The number of halogens is 1. The lowest BCUT2D eigenvalue weighted by atomic mass is 10.1. The molecule has 0 bridgehead atoms. The normalized spacial score (nSPS) is 17.6. The third kappa shape index (κ3) is 4.86. The molecule has 0 radical (unpaired) electrons. The van der Waals surface area contributed by atoms with Crippen LogP contribution in [0.2, 0.25) is 0 Å². The summed E-state index contributed by atoms with van der Waals surface area (Å²) in [5.41, 5.74) is 1.98. The molecule has 1 unspecified atom stereocenters. The molecular weight excluding hydrogens is 326 g/mol. The first-order valence-corrected chi connectivity index (χ1v) is 8.72. The number of rotatable bonds is 5. The summed E-state index contributed by atoms with van der Waals surface area (Å²) in [6.45, 7) is 4.26. The molecule has 0 aliphatic carbocycles. The van der Waals surface area contributed by atoms with E-state index in [9.17, 15) is 13.2 Å². The topological polar surface area (TPSA) is 87.3 Å². The first kappa shape index (κ1) is 18.7. The maximum absolute atomic E-state index is 12.0. The molecule has 124 valence electrons. The highest BCUT2D eigenvalue weighted by Crippen LogP contribution is 2.21. The molecule has 0 aromatic heterocycles. The summed E-state index contributed by atoms with van der Waals surface area (Å²) in [4.78, 5) is 12.0. The number of anilines is 2. The van der Waals surface area contributed by atoms with Crippen LogP contribution in [0.25, 0.3) is 0 Å². The lowest BCUT2D eigenvalue weighted by Gasteiger charge is -2.14. The van der Waals surface area contributed by atoms with Gasteiger partial charge in [0, 0.05) is 5.69 Å². The number of nitrogens with one attached hydrogen (secondary N) is 3. The van der Waals surface area contributed by atoms with Gasteiger partial charge in [-0.05, 0) is 57.0 Å². The van der Waals surface area contributed by atoms with E-state index >= 15 is 0 Å². The van der Waals surface area contributed by atoms with Gasteiger partial charge in [-0.3, -0.25) is 9.52 Å². The van der Waals surface area contributed by atoms with Gasteiger partial charge in [0.1, 0.15) is 0 Å². The molecular formula is C14H22ClN3O3S. The maximum atomic E-state index is 12.0. The molecule has 22 heavy (non-hydrogen) atoms. The summed E-state index contributed by atoms with van der Waals surface area (Å²) < 4.78 is 25.7. The largest absolute Gasteiger partial charge is 0.325 e. The van der Waals surface area contributed by atoms with E-state index in [2.05, 4.69) is 15.4 Å². The minimum Gasteiger partial charge on any atom is -0.325 e. The van der Waals surface area contributed by atoms with Crippen LogP contribution in [0.1, 0.15) is 25.3 Å². The van der Waals surface area contributed by atoms with Gasteiger partial charge in [-0.2, -0.15) is 0 Å². The van der Waals surface area contributed by atoms with Gasteiger partial charge in [0.2, 0.25) is 15.9 Å². The summed E-state index contributed by atoms with van der Waals surface area (Å²) in [7, 11) is -3.29. The van der Waals surface area contributed by atoms with Crippen molar-refractivity contribution in [3.63, 3.8) is 0 Å². The average Bonchev–Trinajstić information content (AvgIpc) is 2.96. The van der Waals surface area contributed by atoms with Crippen LogP contribution in [-0.2, 0) is 14.8 Å². The van der Waals surface area contributed by atoms with Crippen molar-refractivity contribution in [2.45, 2.75) is 32.7 Å². The van der Waals surface area contributed by atoms with Crippen LogP contribution >= 0.6 is 12.4 Å². The smallest absolute Gasteiger partial charge is 0.241 e. The van der Waals surface area contributed by atoms with E-state index < -0.39 is 10.0 Å². The van der Waals surface area contributed by atoms with Crippen molar-refractivity contribution < 1.29 is 13.2 Å². The molecule has 3 N–H and O–H groups in total. The van der Waals surface area contributed by atoms with E-state index in [1.807, 2.05) is 0 Å². The standard InChI is InChI=1S/C14H21N3O3S.ClH/c1-3-21(19,20)17-12-7-6-11(9-10(12)2)16-14(18)13-5-4-8-15-13;/h6-7,9,13,15,17H,3-5,8H2,1-2H3,(H,16,18);1H. The second-order valence-electron chi connectivity index (χ2n) is 5.17. The van der Waals surface area contributed by atoms with Crippen molar-refractivity contribution in [3.05, 3.63) is 23.8 Å². The van der Waals surface area contributed by atoms with E-state index in [-0.39, 0.29) is 30.1 Å². The zero-order valence-corrected chi connectivity index (χ0v) is 14.3. The Balaban J connectivity index is 0.00000242. The molecule has 1 aliphatic heterocycles. The zero-order valence-electron chi connectivity index (χ0n) is 12.7. The van der Waals surface area contributed by atoms with E-state index in [1.54, 1.807) is 32.0 Å². The fourth-order valence-corrected chi connectivity index (χ4v) is 2.94. The SMILES string of the molecule is CCS(=O)(=O)Nc1ccc(NC(=O)C2CCCN2)cc1C.Cl. The molecule has 2 rings (SSSR count). The molecule has 0 saturated carbocycles. The predicted molar refractivity (Wildman–Crippen MR) is 91.2 cm³/mol. The molecule has 8 heteroatoms. The van der Waals surface area contributed by atoms with Gasteiger partial charge in [-0.15, -0.1) is 12.4 Å². The highest BCUT2D eigenvalue weighted by atomic mass is 35.5. The molecule has 1 amide bonds. The van der Waals surface area contributed by atoms with Crippen LogP contribution in [0.4, 0.5) is 11.4 Å². The molecule has 1 aliphatic rings. The quantitative estimate of drug-likeness (QED) is 0.758. The van der Waals surface area contributed by atoms with E-state index in [0.717, 1.165) is 24.9 Å². The van der Waals surface area contributed by atoms with Crippen molar-refractivity contribution in [1.29, 1.82) is 0 Å². The Morgan fingerprint density at radius 1 is 1.41 bits per heavy atom. The van der Waals surface area contributed by atoms with Crippen molar-refractivity contribution in [1.82, 2.24) is 5.32 Å². The van der Waals surface area contributed by atoms with Crippen LogP contribution in [0, 0.1) is 6.92 Å². The Kier molecular flexibility index (Phi) is 6.65. The lowest BCUT2D eigenvalue weighted by Crippen LogP contribution is -2.35. The summed E-state index contributed by atoms with van der Waals surface area (Å²) >= 11 is 0. The Morgan fingerprint density at radius 2 is 2.14 bits per heavy atom. The predicted octanol–water partition coefficient (Wildman–Crippen LogP) is 1.87. The monoisotopic (exact) mass is 347 g/mol. The number of aryl methyl sites for hydroxylation is 1. The highest BCUT2D eigenvalue weighted by molar-refractivity contribution is 7.92. The van der Waals surface area contributed by atoms with E-state index in [4.69, 9.17) is 0 Å². The molecule has 6 nitrogen and oxygen atoms in total. The van der Waals surface area contributed by atoms with Crippen molar-refractivity contribution in [2.75, 3.05) is 22.3 Å². The van der Waals surface area contributed by atoms with Gasteiger partial charge in [0.25, 0.3) is 0 Å². The number of benzene rings is 1. The first-order valence-electron chi connectivity index (χ1n) is 7.06. The lowest BCUT2D eigenvalue weighted by molar-refractivity contribution is -0.117. The number of carbonyl (C=O) groups excluding carboxylic acids is 1. The van der Waals surface area contributed by atoms with E-state index in [1.165, 1.54) is 0 Å². The Bertz CT molecular complexity index is 628. The average molecular weight is 348 g/mol. The summed E-state index contributed by atoms with van der Waals surface area (Å²) in [6, 6.07) is 5.00. The number of sulfonamides is 1. The number of hydrogen-bond acceptors (Lipinski definition) is 4. The van der Waals surface area contributed by atoms with Gasteiger partial charge in [0.15, 0.2) is 0 Å². The fraction of sp³-hybridized carbons (Fsp3) is 0.500. The van der Waals surface area contributed by atoms with Gasteiger partial charge < -0.3 is 10.6 Å². The van der Waals surface area contributed by atoms with Gasteiger partial charge in [0.05, 0.1) is 17.5 Å². The van der Waals surface area contributed by atoms with Gasteiger partial charge in [-0.1, -0.05) is 0 Å². The first-order chi connectivity index (χ1) is 9.91. The molecule has 1 fully saturated rings. The Labute approximate surface area is 137 Å². The molecule has 1 aromatic carbocycles. The summed E-state index contributed by atoms with van der Waals surface area (Å²) in [6.07, 6.45) is 1.86. The summed E-state index contributed by atoms with van der Waals surface area (Å²) in [5, 5.41) is 5.99. The zero-order chi connectivity index (χ0) is 15.5. The molecule has 1 saturated heterocycles. The van der Waals surface area contributed by atoms with Crippen LogP contribution in [0.15, 0.2) is 18.2 Å². The maximum Gasteiger partial charge on any atom is 0.241 e. The number of carbonyl (C=O) groups is 1. The third-order valence-electron chi connectivity index (χ3n) is 3.52. The van der Waals surface area contributed by atoms with Gasteiger partial charge in [-0.25, -0.2) is 8.42 Å². The Morgan fingerprint density at radius 3 is 2.68 bits per heavy atom. The molecule has 0 spiro atoms. The molecule has 1 aromatic rings. The van der Waals surface area contributed by atoms with Crippen molar-refractivity contribution in [2.24, 2.45) is 0 Å². The minimum absolute atomic E-state index is 0. The van der Waals surface area contributed by atoms with Crippen LogP contribution < -0.4 is 15.4 Å². The second kappa shape index (κ2) is 7.80. The van der Waals surface area contributed by atoms with Crippen LogP contribution in [0.5, 0.6) is 0 Å². The fourth-order valence-electron chi connectivity index (χ4n) is 2.23. The third-order valence-corrected chi connectivity index (χ3v) is 4.81.